The lowest BCUT2D eigenvalue weighted by Gasteiger charge is -2.24. The molecule has 0 unspecified atom stereocenters. The van der Waals surface area contributed by atoms with E-state index in [4.69, 9.17) is 31.1 Å². The van der Waals surface area contributed by atoms with Crippen molar-refractivity contribution in [1.29, 1.82) is 5.26 Å². The molecule has 4 atom stereocenters. The maximum atomic E-state index is 13.2. The number of hydrogen-bond donors (Lipinski definition) is 0. The van der Waals surface area contributed by atoms with E-state index in [0.717, 1.165) is 0 Å². The van der Waals surface area contributed by atoms with Crippen LogP contribution in [0.15, 0.2) is 42.9 Å². The summed E-state index contributed by atoms with van der Waals surface area (Å²) in [5.41, 5.74) is 1.50. The zero-order valence-corrected chi connectivity index (χ0v) is 16.9. The second kappa shape index (κ2) is 6.86. The van der Waals surface area contributed by atoms with E-state index in [1.54, 1.807) is 54.9 Å². The van der Waals surface area contributed by atoms with Gasteiger partial charge in [0.25, 0.3) is 0 Å². The van der Waals surface area contributed by atoms with Crippen molar-refractivity contribution >= 4 is 28.4 Å². The van der Waals surface area contributed by atoms with Crippen molar-refractivity contribution in [2.75, 3.05) is 0 Å². The third-order valence-electron chi connectivity index (χ3n) is 5.32. The Labute approximate surface area is 176 Å². The lowest BCUT2D eigenvalue weighted by atomic mass is 10.00. The maximum Gasteiger partial charge on any atom is 0.194 e. The highest BCUT2D eigenvalue weighted by Gasteiger charge is 2.58. The Morgan fingerprint density at radius 3 is 2.63 bits per heavy atom. The van der Waals surface area contributed by atoms with E-state index < -0.39 is 30.3 Å². The number of nitrogens with zero attached hydrogens (tertiary/aromatic N) is 4. The maximum absolute atomic E-state index is 13.2. The first-order chi connectivity index (χ1) is 14.4. The average molecular weight is 425 g/mol. The molecule has 0 aliphatic carbocycles. The summed E-state index contributed by atoms with van der Waals surface area (Å²) in [5.74, 6) is -1.10. The van der Waals surface area contributed by atoms with E-state index in [2.05, 4.69) is 9.97 Å². The first-order valence-corrected chi connectivity index (χ1v) is 9.78. The van der Waals surface area contributed by atoms with Crippen molar-refractivity contribution in [3.8, 4) is 6.07 Å². The minimum atomic E-state index is -0.871. The first kappa shape index (κ1) is 19.2. The highest BCUT2D eigenvalue weighted by Crippen LogP contribution is 2.44. The molecule has 0 N–H and O–H groups in total. The Hall–Kier alpha value is -2.83. The second-order valence-corrected chi connectivity index (χ2v) is 8.05. The van der Waals surface area contributed by atoms with Crippen LogP contribution in [-0.4, -0.2) is 44.4 Å². The molecule has 9 heteroatoms. The van der Waals surface area contributed by atoms with Crippen LogP contribution in [0.3, 0.4) is 0 Å². The van der Waals surface area contributed by atoms with Gasteiger partial charge in [0.05, 0.1) is 17.0 Å². The topological polar surface area (TPSA) is 99.3 Å². The molecular formula is C21H17ClN4O4. The molecule has 1 aromatic carbocycles. The van der Waals surface area contributed by atoms with Gasteiger partial charge in [-0.25, -0.2) is 9.97 Å². The zero-order valence-electron chi connectivity index (χ0n) is 16.2. The number of halogens is 1. The molecule has 2 saturated heterocycles. The predicted molar refractivity (Wildman–Crippen MR) is 106 cm³/mol. The van der Waals surface area contributed by atoms with Crippen LogP contribution in [0, 0.1) is 11.3 Å². The summed E-state index contributed by atoms with van der Waals surface area (Å²) in [6, 6.07) is 10.3. The fourth-order valence-corrected chi connectivity index (χ4v) is 4.22. The van der Waals surface area contributed by atoms with E-state index in [1.165, 1.54) is 6.33 Å². The standard InChI is InChI=1S/C21H17ClN4O4/c1-21(2)29-16-15(14(27)12-5-3-11(9-23)4-6-12)28-20(17(16)30-21)26-8-7-13-18(22)24-10-25-19(13)26/h3-8,10,15-17,20H,1-2H3/t15-,16-,17-,20-/m1/s1. The van der Waals surface area contributed by atoms with Gasteiger partial charge in [0.15, 0.2) is 23.9 Å². The van der Waals surface area contributed by atoms with E-state index >= 15 is 0 Å². The van der Waals surface area contributed by atoms with Crippen LogP contribution in [0.25, 0.3) is 11.0 Å². The molecule has 0 bridgehead atoms. The lowest BCUT2D eigenvalue weighted by Crippen LogP contribution is -2.35. The van der Waals surface area contributed by atoms with Crippen LogP contribution >= 0.6 is 11.6 Å². The molecule has 0 spiro atoms. The van der Waals surface area contributed by atoms with Crippen LogP contribution in [0.5, 0.6) is 0 Å². The Morgan fingerprint density at radius 2 is 1.90 bits per heavy atom. The summed E-state index contributed by atoms with van der Waals surface area (Å²) in [5, 5.41) is 10.0. The van der Waals surface area contributed by atoms with Gasteiger partial charge in [-0.2, -0.15) is 5.26 Å². The molecule has 3 aromatic rings. The van der Waals surface area contributed by atoms with E-state index in [0.29, 0.717) is 27.3 Å². The lowest BCUT2D eigenvalue weighted by molar-refractivity contribution is -0.190. The van der Waals surface area contributed by atoms with E-state index in [9.17, 15) is 4.79 Å². The van der Waals surface area contributed by atoms with Crippen molar-refractivity contribution in [3.63, 3.8) is 0 Å². The average Bonchev–Trinajstić information content (AvgIpc) is 3.39. The third kappa shape index (κ3) is 2.99. The third-order valence-corrected chi connectivity index (χ3v) is 5.62. The smallest absolute Gasteiger partial charge is 0.194 e. The van der Waals surface area contributed by atoms with Gasteiger partial charge in [0.1, 0.15) is 29.3 Å². The minimum Gasteiger partial charge on any atom is -0.341 e. The molecule has 2 aromatic heterocycles. The number of carbonyl (C=O) groups excluding carboxylic acids is 1. The molecule has 152 valence electrons. The summed E-state index contributed by atoms with van der Waals surface area (Å²) >= 11 is 6.18. The molecule has 8 nitrogen and oxygen atoms in total. The van der Waals surface area contributed by atoms with Gasteiger partial charge in [-0.05, 0) is 44.2 Å². The van der Waals surface area contributed by atoms with Crippen LogP contribution in [-0.2, 0) is 14.2 Å². The molecule has 2 aliphatic heterocycles. The summed E-state index contributed by atoms with van der Waals surface area (Å²) in [6.07, 6.45) is 0.552. The molecule has 5 rings (SSSR count). The number of carbonyl (C=O) groups is 1. The SMILES string of the molecule is CC1(C)O[C@@H]2[C@H](O1)[C@@H](C(=O)c1ccc(C#N)cc1)O[C@H]2n1ccc2c(Cl)ncnc21. The highest BCUT2D eigenvalue weighted by atomic mass is 35.5. The molecule has 2 aliphatic rings. The summed E-state index contributed by atoms with van der Waals surface area (Å²) in [7, 11) is 0. The summed E-state index contributed by atoms with van der Waals surface area (Å²) < 4.78 is 20.1. The first-order valence-electron chi connectivity index (χ1n) is 9.40. The summed E-state index contributed by atoms with van der Waals surface area (Å²) in [4.78, 5) is 21.6. The highest BCUT2D eigenvalue weighted by molar-refractivity contribution is 6.33. The quantitative estimate of drug-likeness (QED) is 0.470. The van der Waals surface area contributed by atoms with Gasteiger partial charge in [0.2, 0.25) is 0 Å². The molecule has 30 heavy (non-hydrogen) atoms. The van der Waals surface area contributed by atoms with Gasteiger partial charge < -0.3 is 18.8 Å². The number of Topliss-reactive ketones (excluding diaryl/α,β-unsaturated/α-hetero) is 1. The van der Waals surface area contributed by atoms with Gasteiger partial charge in [0, 0.05) is 11.8 Å². The monoisotopic (exact) mass is 424 g/mol. The Morgan fingerprint density at radius 1 is 1.17 bits per heavy atom. The molecule has 0 saturated carbocycles. The van der Waals surface area contributed by atoms with Crippen LogP contribution < -0.4 is 0 Å². The molecule has 0 radical (unpaired) electrons. The number of ketones is 1. The van der Waals surface area contributed by atoms with Crippen LogP contribution in [0.1, 0.15) is 36.0 Å². The van der Waals surface area contributed by atoms with Gasteiger partial charge in [-0.1, -0.05) is 11.6 Å². The van der Waals surface area contributed by atoms with Crippen molar-refractivity contribution in [2.45, 2.75) is 44.2 Å². The summed E-state index contributed by atoms with van der Waals surface area (Å²) in [6.45, 7) is 3.61. The Kier molecular flexibility index (Phi) is 4.38. The van der Waals surface area contributed by atoms with Crippen LogP contribution in [0.4, 0.5) is 0 Å². The van der Waals surface area contributed by atoms with Crippen molar-refractivity contribution in [1.82, 2.24) is 14.5 Å². The minimum absolute atomic E-state index is 0.234. The largest absolute Gasteiger partial charge is 0.341 e. The number of nitriles is 1. The molecular weight excluding hydrogens is 408 g/mol. The number of benzene rings is 1. The molecule has 4 heterocycles. The fourth-order valence-electron chi connectivity index (χ4n) is 4.03. The van der Waals surface area contributed by atoms with Gasteiger partial charge in [-0.3, -0.25) is 4.79 Å². The molecule has 0 amide bonds. The van der Waals surface area contributed by atoms with Gasteiger partial charge in [-0.15, -0.1) is 0 Å². The fraction of sp³-hybridized carbons (Fsp3) is 0.333. The number of ether oxygens (including phenoxy) is 3. The Balaban J connectivity index is 1.53. The predicted octanol–water partition coefficient (Wildman–Crippen LogP) is 3.26. The van der Waals surface area contributed by atoms with Crippen molar-refractivity contribution < 1.29 is 19.0 Å². The van der Waals surface area contributed by atoms with Crippen molar-refractivity contribution in [3.05, 3.63) is 59.1 Å². The second-order valence-electron chi connectivity index (χ2n) is 7.69. The number of fused-ring (bicyclic) bond motifs is 2. The van der Waals surface area contributed by atoms with E-state index in [-0.39, 0.29) is 5.78 Å². The Bertz CT molecular complexity index is 1180. The number of hydrogen-bond acceptors (Lipinski definition) is 7. The van der Waals surface area contributed by atoms with E-state index in [1.807, 2.05) is 6.07 Å². The number of rotatable bonds is 3. The number of aromatic nitrogens is 3. The normalized spacial score (nSPS) is 27.1. The van der Waals surface area contributed by atoms with Gasteiger partial charge >= 0.3 is 0 Å². The van der Waals surface area contributed by atoms with Crippen LogP contribution in [0.2, 0.25) is 5.15 Å². The molecule has 2 fully saturated rings. The zero-order chi connectivity index (χ0) is 21.0. The van der Waals surface area contributed by atoms with Crippen molar-refractivity contribution in [2.24, 2.45) is 0 Å².